The lowest BCUT2D eigenvalue weighted by atomic mass is 9.95. The van der Waals surface area contributed by atoms with Gasteiger partial charge >= 0.3 is 6.01 Å². The molecule has 0 aliphatic carbocycles. The summed E-state index contributed by atoms with van der Waals surface area (Å²) in [6, 6.07) is 6.14. The van der Waals surface area contributed by atoms with Gasteiger partial charge in [-0.1, -0.05) is 13.0 Å². The van der Waals surface area contributed by atoms with Gasteiger partial charge in [-0.15, -0.1) is 0 Å². The van der Waals surface area contributed by atoms with Crippen LogP contribution in [-0.2, 0) is 13.0 Å². The van der Waals surface area contributed by atoms with E-state index in [1.165, 1.54) is 17.0 Å². The van der Waals surface area contributed by atoms with Crippen LogP contribution in [0.1, 0.15) is 67.6 Å². The molecule has 7 rings (SSSR count). The van der Waals surface area contributed by atoms with Gasteiger partial charge in [0.25, 0.3) is 5.91 Å². The van der Waals surface area contributed by atoms with Crippen LogP contribution in [0, 0.1) is 5.82 Å². The summed E-state index contributed by atoms with van der Waals surface area (Å²) >= 11 is 0. The Morgan fingerprint density at radius 2 is 1.98 bits per heavy atom. The highest BCUT2D eigenvalue weighted by atomic mass is 19.1. The average molecular weight is 594 g/mol. The number of halogens is 2. The van der Waals surface area contributed by atoms with E-state index in [4.69, 9.17) is 14.7 Å². The Hall–Kier alpha value is -3.57. The number of benzene rings is 2. The number of hydrogen-bond acceptors (Lipinski definition) is 8. The summed E-state index contributed by atoms with van der Waals surface area (Å²) in [5.41, 5.74) is 0.268. The minimum atomic E-state index is -0.962. The van der Waals surface area contributed by atoms with Gasteiger partial charge in [-0.2, -0.15) is 9.97 Å². The van der Waals surface area contributed by atoms with Crippen molar-refractivity contribution in [3.05, 3.63) is 46.9 Å². The molecule has 4 aliphatic heterocycles. The number of β-amino-alcohol motifs (C(OH)–C–C–N with tert-alkyl or cyclic N) is 1. The van der Waals surface area contributed by atoms with Gasteiger partial charge in [0.2, 0.25) is 0 Å². The van der Waals surface area contributed by atoms with E-state index in [2.05, 4.69) is 4.90 Å². The van der Waals surface area contributed by atoms with Crippen LogP contribution in [0.5, 0.6) is 11.8 Å². The molecule has 3 aromatic rings. The highest BCUT2D eigenvalue weighted by Crippen LogP contribution is 2.43. The van der Waals surface area contributed by atoms with Crippen molar-refractivity contribution in [1.29, 1.82) is 0 Å². The van der Waals surface area contributed by atoms with E-state index >= 15 is 0 Å². The van der Waals surface area contributed by atoms with E-state index in [-0.39, 0.29) is 48.7 Å². The van der Waals surface area contributed by atoms with Gasteiger partial charge in [0.1, 0.15) is 35.7 Å². The van der Waals surface area contributed by atoms with E-state index < -0.39 is 11.8 Å². The van der Waals surface area contributed by atoms with Crippen LogP contribution in [0.4, 0.5) is 20.3 Å². The predicted molar refractivity (Wildman–Crippen MR) is 158 cm³/mol. The molecule has 0 spiro atoms. The zero-order valence-electron chi connectivity index (χ0n) is 24.6. The van der Waals surface area contributed by atoms with Crippen molar-refractivity contribution in [3.8, 4) is 11.8 Å². The number of aryl methyl sites for hydroxylation is 1. The van der Waals surface area contributed by atoms with E-state index in [9.17, 15) is 23.8 Å². The molecule has 0 bridgehead atoms. The number of alkyl halides is 1. The second kappa shape index (κ2) is 10.3. The molecule has 3 saturated heterocycles. The zero-order valence-corrected chi connectivity index (χ0v) is 24.6. The summed E-state index contributed by atoms with van der Waals surface area (Å²) < 4.78 is 35.6. The van der Waals surface area contributed by atoms with Gasteiger partial charge in [0, 0.05) is 37.5 Å². The quantitative estimate of drug-likeness (QED) is 0.431. The molecule has 5 heterocycles. The van der Waals surface area contributed by atoms with Gasteiger partial charge in [0.15, 0.2) is 0 Å². The number of piperidine rings is 1. The number of phenolic OH excluding ortho intramolecular Hbond substituents is 1. The smallest absolute Gasteiger partial charge is 0.318 e. The number of aromatic nitrogens is 2. The van der Waals surface area contributed by atoms with Crippen LogP contribution < -0.4 is 14.5 Å². The van der Waals surface area contributed by atoms with Gasteiger partial charge in [-0.3, -0.25) is 9.69 Å². The number of aromatic hydroxyl groups is 1. The summed E-state index contributed by atoms with van der Waals surface area (Å²) in [7, 11) is 0. The zero-order chi connectivity index (χ0) is 30.1. The number of nitrogens with zero attached hydrogens (tertiary/aromatic N) is 5. The number of hydrogen-bond donors (Lipinski definition) is 2. The molecular weight excluding hydrogens is 556 g/mol. The van der Waals surface area contributed by atoms with Crippen molar-refractivity contribution in [1.82, 2.24) is 14.9 Å². The Bertz CT molecular complexity index is 1620. The number of fused-ring (bicyclic) bond motifs is 3. The van der Waals surface area contributed by atoms with Crippen molar-refractivity contribution >= 4 is 28.2 Å². The monoisotopic (exact) mass is 593 g/mol. The fraction of sp³-hybridized carbons (Fsp3) is 0.531. The third kappa shape index (κ3) is 4.77. The largest absolute Gasteiger partial charge is 0.508 e. The molecule has 2 aromatic carbocycles. The first-order valence-corrected chi connectivity index (χ1v) is 15.2. The van der Waals surface area contributed by atoms with Gasteiger partial charge in [-0.05, 0) is 68.7 Å². The molecule has 2 N–H and O–H groups in total. The number of amides is 1. The summed E-state index contributed by atoms with van der Waals surface area (Å²) in [6.07, 6.45) is 3.09. The minimum Gasteiger partial charge on any atom is -0.508 e. The summed E-state index contributed by atoms with van der Waals surface area (Å²) in [4.78, 5) is 29.2. The summed E-state index contributed by atoms with van der Waals surface area (Å²) in [6.45, 7) is 6.06. The van der Waals surface area contributed by atoms with Crippen LogP contribution in [0.15, 0.2) is 24.3 Å². The molecule has 228 valence electrons. The molecule has 0 saturated carbocycles. The Labute approximate surface area is 249 Å². The first kappa shape index (κ1) is 28.2. The fourth-order valence-corrected chi connectivity index (χ4v) is 7.73. The fourth-order valence-electron chi connectivity index (χ4n) is 7.73. The molecular formula is C32H37F2N5O4. The number of carbonyl (C=O) groups is 1. The first-order valence-electron chi connectivity index (χ1n) is 15.2. The maximum absolute atomic E-state index is 14.9. The minimum absolute atomic E-state index is 0.0366. The SMILES string of the molecule is CCc1c(F)ccc2cc(O)cc(N3Cc4nc(OC[C@@]56CCCN5C[C@H](F)C6)nc(N5CCC[C@@](C)(O)C5)c4C3=O)c12. The van der Waals surface area contributed by atoms with E-state index in [0.29, 0.717) is 77.9 Å². The van der Waals surface area contributed by atoms with Gasteiger partial charge in [-0.25, -0.2) is 8.78 Å². The highest BCUT2D eigenvalue weighted by molar-refractivity contribution is 6.16. The summed E-state index contributed by atoms with van der Waals surface area (Å²) in [5, 5.41) is 22.7. The number of ether oxygens (including phenoxy) is 1. The molecule has 0 unspecified atom stereocenters. The molecule has 1 amide bonds. The Balaban J connectivity index is 1.30. The van der Waals surface area contributed by atoms with Crippen LogP contribution >= 0.6 is 0 Å². The van der Waals surface area contributed by atoms with Crippen molar-refractivity contribution < 1.29 is 28.5 Å². The Kier molecular flexibility index (Phi) is 6.73. The molecule has 1 aromatic heterocycles. The number of anilines is 2. The highest BCUT2D eigenvalue weighted by Gasteiger charge is 2.49. The molecule has 3 fully saturated rings. The third-order valence-electron chi connectivity index (χ3n) is 9.69. The van der Waals surface area contributed by atoms with Gasteiger partial charge < -0.3 is 24.7 Å². The van der Waals surface area contributed by atoms with E-state index in [1.54, 1.807) is 19.1 Å². The lowest BCUT2D eigenvalue weighted by Crippen LogP contribution is -2.47. The van der Waals surface area contributed by atoms with Crippen molar-refractivity contribution in [3.63, 3.8) is 0 Å². The van der Waals surface area contributed by atoms with Crippen LogP contribution in [0.2, 0.25) is 0 Å². The standard InChI is InChI=1S/C32H37F2N5O4/c1-3-22-23(34)7-6-19-12-21(40)13-25(26(19)22)39-16-24-27(29(39)41)28(37-10-4-8-31(2,42)17-37)36-30(35-24)43-18-32-9-5-11-38(32)15-20(33)14-32/h6-7,12-13,20,40,42H,3-5,8-11,14-18H2,1-2H3/t20-,31-,32+/m1/s1. The normalized spacial score (nSPS) is 27.3. The molecule has 43 heavy (non-hydrogen) atoms. The van der Waals surface area contributed by atoms with Crippen molar-refractivity contribution in [2.45, 2.75) is 76.2 Å². The number of rotatable bonds is 6. The Morgan fingerprint density at radius 1 is 1.16 bits per heavy atom. The third-order valence-corrected chi connectivity index (χ3v) is 9.69. The molecule has 4 aliphatic rings. The molecule has 0 radical (unpaired) electrons. The second-order valence-corrected chi connectivity index (χ2v) is 12.9. The molecule has 3 atom stereocenters. The van der Waals surface area contributed by atoms with E-state index in [0.717, 1.165) is 19.4 Å². The number of carbonyl (C=O) groups excluding carboxylic acids is 1. The summed E-state index contributed by atoms with van der Waals surface area (Å²) in [5.74, 6) is -0.392. The average Bonchev–Trinajstić information content (AvgIpc) is 3.60. The first-order chi connectivity index (χ1) is 20.6. The topological polar surface area (TPSA) is 102 Å². The van der Waals surface area contributed by atoms with Crippen molar-refractivity contribution in [2.24, 2.45) is 0 Å². The van der Waals surface area contributed by atoms with E-state index in [1.807, 2.05) is 11.8 Å². The molecule has 11 heteroatoms. The molecule has 9 nitrogen and oxygen atoms in total. The second-order valence-electron chi connectivity index (χ2n) is 12.9. The van der Waals surface area contributed by atoms with Gasteiger partial charge in [0.05, 0.1) is 29.1 Å². The Morgan fingerprint density at radius 3 is 2.77 bits per heavy atom. The lowest BCUT2D eigenvalue weighted by molar-refractivity contribution is 0.0445. The number of phenols is 1. The maximum atomic E-state index is 14.9. The number of aliphatic hydroxyl groups is 1. The van der Waals surface area contributed by atoms with Crippen LogP contribution in [-0.4, -0.2) is 81.1 Å². The predicted octanol–water partition coefficient (Wildman–Crippen LogP) is 4.50. The van der Waals surface area contributed by atoms with Crippen LogP contribution in [0.25, 0.3) is 10.8 Å². The lowest BCUT2D eigenvalue weighted by Gasteiger charge is -2.38. The van der Waals surface area contributed by atoms with Crippen LogP contribution in [0.3, 0.4) is 0 Å². The maximum Gasteiger partial charge on any atom is 0.318 e. The van der Waals surface area contributed by atoms with Crippen molar-refractivity contribution in [2.75, 3.05) is 42.6 Å².